The van der Waals surface area contributed by atoms with Gasteiger partial charge < -0.3 is 4.98 Å². The summed E-state index contributed by atoms with van der Waals surface area (Å²) in [5.74, 6) is 0. The van der Waals surface area contributed by atoms with Gasteiger partial charge in [-0.3, -0.25) is 15.1 Å². The van der Waals surface area contributed by atoms with Gasteiger partial charge in [-0.05, 0) is 18.2 Å². The predicted molar refractivity (Wildman–Crippen MR) is 50.7 cm³/mol. The Balaban J connectivity index is 2.58. The molecule has 2 aromatic rings. The highest BCUT2D eigenvalue weighted by Crippen LogP contribution is 2.26. The van der Waals surface area contributed by atoms with E-state index in [2.05, 4.69) is 9.97 Å². The van der Waals surface area contributed by atoms with Crippen LogP contribution in [-0.4, -0.2) is 14.9 Å². The van der Waals surface area contributed by atoms with Crippen molar-refractivity contribution in [1.29, 1.82) is 0 Å². The number of hydrogen-bond donors (Lipinski definition) is 1. The van der Waals surface area contributed by atoms with Crippen molar-refractivity contribution in [3.8, 4) is 11.3 Å². The van der Waals surface area contributed by atoms with Crippen LogP contribution < -0.4 is 0 Å². The lowest BCUT2D eigenvalue weighted by Gasteiger charge is -1.98. The Bertz CT molecular complexity index is 451. The zero-order valence-corrected chi connectivity index (χ0v) is 7.18. The van der Waals surface area contributed by atoms with E-state index >= 15 is 0 Å². The molecule has 0 aliphatic carbocycles. The maximum atomic E-state index is 10.7. The predicted octanol–water partition coefficient (Wildman–Crippen LogP) is 1.98. The summed E-state index contributed by atoms with van der Waals surface area (Å²) in [6.07, 6.45) is 4.50. The van der Waals surface area contributed by atoms with Gasteiger partial charge in [0, 0.05) is 12.4 Å². The van der Waals surface area contributed by atoms with E-state index in [1.54, 1.807) is 24.4 Å². The molecule has 0 radical (unpaired) electrons. The highest BCUT2D eigenvalue weighted by atomic mass is 16.6. The molecule has 70 valence electrons. The second kappa shape index (κ2) is 3.29. The summed E-state index contributed by atoms with van der Waals surface area (Å²) in [7, 11) is 0. The fourth-order valence-electron chi connectivity index (χ4n) is 1.26. The summed E-state index contributed by atoms with van der Waals surface area (Å²) in [6, 6.07) is 5.19. The molecule has 0 spiro atoms. The van der Waals surface area contributed by atoms with Crippen LogP contribution in [0.5, 0.6) is 0 Å². The molecule has 0 aromatic carbocycles. The quantitative estimate of drug-likeness (QED) is 0.580. The minimum Gasteiger partial charge on any atom is -0.361 e. The van der Waals surface area contributed by atoms with E-state index in [9.17, 15) is 10.1 Å². The number of nitrogens with zero attached hydrogens (tertiary/aromatic N) is 2. The number of pyridine rings is 1. The first kappa shape index (κ1) is 8.43. The van der Waals surface area contributed by atoms with Crippen LogP contribution in [0.15, 0.2) is 36.8 Å². The molecule has 0 fully saturated rings. The minimum atomic E-state index is -0.441. The van der Waals surface area contributed by atoms with Crippen LogP contribution in [0.3, 0.4) is 0 Å². The standard InChI is InChI=1S/C9H7N3O2/c13-12(14)9-6-10-5-3-7(9)8-2-1-4-11-8/h1-6,11H. The summed E-state index contributed by atoms with van der Waals surface area (Å²) < 4.78 is 0. The molecule has 0 amide bonds. The number of nitro groups is 1. The molecule has 0 aliphatic heterocycles. The average Bonchev–Trinajstić information content (AvgIpc) is 2.70. The number of hydrogen-bond acceptors (Lipinski definition) is 3. The lowest BCUT2D eigenvalue weighted by Crippen LogP contribution is -1.92. The Morgan fingerprint density at radius 2 is 2.29 bits per heavy atom. The van der Waals surface area contributed by atoms with Gasteiger partial charge in [-0.25, -0.2) is 0 Å². The number of aromatic amines is 1. The van der Waals surface area contributed by atoms with Gasteiger partial charge in [0.05, 0.1) is 16.2 Å². The summed E-state index contributed by atoms with van der Waals surface area (Å²) in [6.45, 7) is 0. The van der Waals surface area contributed by atoms with E-state index in [4.69, 9.17) is 0 Å². The van der Waals surface area contributed by atoms with Gasteiger partial charge in [0.25, 0.3) is 5.69 Å². The van der Waals surface area contributed by atoms with Crippen LogP contribution in [0, 0.1) is 10.1 Å². The van der Waals surface area contributed by atoms with Gasteiger partial charge in [-0.2, -0.15) is 0 Å². The number of rotatable bonds is 2. The van der Waals surface area contributed by atoms with Crippen LogP contribution in [-0.2, 0) is 0 Å². The van der Waals surface area contributed by atoms with Gasteiger partial charge in [0.15, 0.2) is 0 Å². The van der Waals surface area contributed by atoms with Gasteiger partial charge >= 0.3 is 0 Å². The Morgan fingerprint density at radius 3 is 2.93 bits per heavy atom. The average molecular weight is 189 g/mol. The van der Waals surface area contributed by atoms with Crippen LogP contribution in [0.4, 0.5) is 5.69 Å². The number of H-pyrrole nitrogens is 1. The molecular formula is C9H7N3O2. The van der Waals surface area contributed by atoms with Crippen LogP contribution in [0.1, 0.15) is 0 Å². The molecule has 0 aliphatic rings. The number of nitrogens with one attached hydrogen (secondary N) is 1. The Labute approximate surface area is 79.6 Å². The van der Waals surface area contributed by atoms with Crippen molar-refractivity contribution < 1.29 is 4.92 Å². The van der Waals surface area contributed by atoms with E-state index in [0.717, 1.165) is 5.69 Å². The topological polar surface area (TPSA) is 71.8 Å². The fraction of sp³-hybridized carbons (Fsp3) is 0. The molecule has 2 heterocycles. The fourth-order valence-corrected chi connectivity index (χ4v) is 1.26. The third-order valence-corrected chi connectivity index (χ3v) is 1.88. The molecule has 0 unspecified atom stereocenters. The first-order chi connectivity index (χ1) is 6.79. The highest BCUT2D eigenvalue weighted by molar-refractivity contribution is 5.69. The molecule has 0 saturated heterocycles. The first-order valence-corrected chi connectivity index (χ1v) is 4.01. The van der Waals surface area contributed by atoms with E-state index in [-0.39, 0.29) is 5.69 Å². The SMILES string of the molecule is O=[N+]([O-])c1cnccc1-c1ccc[nH]1. The highest BCUT2D eigenvalue weighted by Gasteiger charge is 2.14. The molecule has 0 atom stereocenters. The second-order valence-electron chi connectivity index (χ2n) is 2.73. The van der Waals surface area contributed by atoms with Crippen molar-refractivity contribution in [3.63, 3.8) is 0 Å². The van der Waals surface area contributed by atoms with Crippen molar-refractivity contribution in [1.82, 2.24) is 9.97 Å². The molecule has 0 saturated carbocycles. The monoisotopic (exact) mass is 189 g/mol. The Hall–Kier alpha value is -2.17. The van der Waals surface area contributed by atoms with E-state index in [1.807, 2.05) is 0 Å². The lowest BCUT2D eigenvalue weighted by atomic mass is 10.2. The van der Waals surface area contributed by atoms with Crippen molar-refractivity contribution in [2.45, 2.75) is 0 Å². The van der Waals surface area contributed by atoms with Crippen LogP contribution in [0.25, 0.3) is 11.3 Å². The maximum Gasteiger partial charge on any atom is 0.296 e. The van der Waals surface area contributed by atoms with Crippen molar-refractivity contribution >= 4 is 5.69 Å². The largest absolute Gasteiger partial charge is 0.361 e. The molecular weight excluding hydrogens is 182 g/mol. The van der Waals surface area contributed by atoms with Gasteiger partial charge in [0.2, 0.25) is 0 Å². The lowest BCUT2D eigenvalue weighted by molar-refractivity contribution is -0.384. The zero-order valence-electron chi connectivity index (χ0n) is 7.18. The molecule has 5 heteroatoms. The summed E-state index contributed by atoms with van der Waals surface area (Å²) in [4.78, 5) is 16.9. The smallest absolute Gasteiger partial charge is 0.296 e. The van der Waals surface area contributed by atoms with Crippen LogP contribution >= 0.6 is 0 Å². The van der Waals surface area contributed by atoms with E-state index < -0.39 is 4.92 Å². The first-order valence-electron chi connectivity index (χ1n) is 4.01. The van der Waals surface area contributed by atoms with Crippen molar-refractivity contribution in [3.05, 3.63) is 46.9 Å². The normalized spacial score (nSPS) is 10.0. The van der Waals surface area contributed by atoms with Gasteiger partial charge in [-0.1, -0.05) is 0 Å². The third-order valence-electron chi connectivity index (χ3n) is 1.88. The van der Waals surface area contributed by atoms with Crippen LogP contribution in [0.2, 0.25) is 0 Å². The van der Waals surface area contributed by atoms with Gasteiger partial charge in [-0.15, -0.1) is 0 Å². The molecule has 14 heavy (non-hydrogen) atoms. The van der Waals surface area contributed by atoms with E-state index in [1.165, 1.54) is 12.4 Å². The Kier molecular flexibility index (Phi) is 1.98. The Morgan fingerprint density at radius 1 is 1.43 bits per heavy atom. The number of aromatic nitrogens is 2. The molecule has 5 nitrogen and oxygen atoms in total. The zero-order chi connectivity index (χ0) is 9.97. The minimum absolute atomic E-state index is 0.00921. The second-order valence-corrected chi connectivity index (χ2v) is 2.73. The summed E-state index contributed by atoms with van der Waals surface area (Å²) in [5, 5.41) is 10.7. The maximum absolute atomic E-state index is 10.7. The van der Waals surface area contributed by atoms with Crippen molar-refractivity contribution in [2.75, 3.05) is 0 Å². The van der Waals surface area contributed by atoms with Gasteiger partial charge in [0.1, 0.15) is 6.20 Å². The summed E-state index contributed by atoms with van der Waals surface area (Å²) in [5.41, 5.74) is 1.28. The third kappa shape index (κ3) is 1.35. The van der Waals surface area contributed by atoms with E-state index in [0.29, 0.717) is 5.56 Å². The molecule has 0 bridgehead atoms. The molecule has 2 rings (SSSR count). The van der Waals surface area contributed by atoms with Crippen molar-refractivity contribution in [2.24, 2.45) is 0 Å². The molecule has 1 N–H and O–H groups in total. The summed E-state index contributed by atoms with van der Waals surface area (Å²) >= 11 is 0. The molecule has 2 aromatic heterocycles.